The Morgan fingerprint density at radius 2 is 2.05 bits per heavy atom. The maximum atomic E-state index is 12.2. The van der Waals surface area contributed by atoms with Crippen LogP contribution < -0.4 is 11.1 Å². The van der Waals surface area contributed by atoms with Crippen molar-refractivity contribution in [2.24, 2.45) is 0 Å². The van der Waals surface area contributed by atoms with Crippen LogP contribution in [0.1, 0.15) is 16.1 Å². The van der Waals surface area contributed by atoms with Gasteiger partial charge in [0, 0.05) is 34.8 Å². The Hall–Kier alpha value is -2.95. The molecule has 0 bridgehead atoms. The molecule has 3 rings (SSSR count). The average Bonchev–Trinajstić information content (AvgIpc) is 2.47. The average molecular weight is 278 g/mol. The summed E-state index contributed by atoms with van der Waals surface area (Å²) < 4.78 is 0. The largest absolute Gasteiger partial charge is 0.398 e. The predicted molar refractivity (Wildman–Crippen MR) is 83.1 cm³/mol. The van der Waals surface area contributed by atoms with E-state index >= 15 is 0 Å². The van der Waals surface area contributed by atoms with E-state index in [0.717, 1.165) is 16.6 Å². The van der Waals surface area contributed by atoms with Crippen molar-refractivity contribution >= 4 is 28.2 Å². The van der Waals surface area contributed by atoms with Crippen LogP contribution in [0.4, 0.5) is 11.4 Å². The molecule has 1 aromatic carbocycles. The summed E-state index contributed by atoms with van der Waals surface area (Å²) in [7, 11) is 0. The highest BCUT2D eigenvalue weighted by Crippen LogP contribution is 2.19. The van der Waals surface area contributed by atoms with E-state index in [0.29, 0.717) is 16.9 Å². The maximum Gasteiger partial charge on any atom is 0.259 e. The second-order valence-corrected chi connectivity index (χ2v) is 4.78. The molecule has 0 unspecified atom stereocenters. The van der Waals surface area contributed by atoms with Gasteiger partial charge in [-0.1, -0.05) is 6.07 Å². The number of nitrogens with one attached hydrogen (secondary N) is 1. The molecule has 104 valence electrons. The van der Waals surface area contributed by atoms with Crippen molar-refractivity contribution in [3.63, 3.8) is 0 Å². The first kappa shape index (κ1) is 13.1. The van der Waals surface area contributed by atoms with Crippen molar-refractivity contribution in [1.82, 2.24) is 9.97 Å². The zero-order valence-electron chi connectivity index (χ0n) is 11.5. The molecule has 0 aliphatic carbocycles. The van der Waals surface area contributed by atoms with Crippen LogP contribution in [0.3, 0.4) is 0 Å². The van der Waals surface area contributed by atoms with Gasteiger partial charge in [-0.2, -0.15) is 0 Å². The Morgan fingerprint density at radius 1 is 1.19 bits per heavy atom. The summed E-state index contributed by atoms with van der Waals surface area (Å²) >= 11 is 0. The minimum absolute atomic E-state index is 0.275. The van der Waals surface area contributed by atoms with Gasteiger partial charge in [0.25, 0.3) is 5.91 Å². The maximum absolute atomic E-state index is 12.2. The number of nitrogens with two attached hydrogens (primary N) is 1. The SMILES string of the molecule is Cc1cc(N)c(C(=O)Nc2ccc3ncccc3c2)cn1. The minimum Gasteiger partial charge on any atom is -0.398 e. The van der Waals surface area contributed by atoms with Crippen molar-refractivity contribution in [2.75, 3.05) is 11.1 Å². The Bertz CT molecular complexity index is 829. The summed E-state index contributed by atoms with van der Waals surface area (Å²) in [5, 5.41) is 3.79. The lowest BCUT2D eigenvalue weighted by Gasteiger charge is -2.08. The number of benzene rings is 1. The molecule has 3 aromatic rings. The first-order valence-electron chi connectivity index (χ1n) is 6.52. The van der Waals surface area contributed by atoms with Gasteiger partial charge in [0.15, 0.2) is 0 Å². The molecule has 0 spiro atoms. The topological polar surface area (TPSA) is 80.9 Å². The number of amides is 1. The summed E-state index contributed by atoms with van der Waals surface area (Å²) in [6.45, 7) is 1.83. The summed E-state index contributed by atoms with van der Waals surface area (Å²) in [4.78, 5) is 20.6. The van der Waals surface area contributed by atoms with Gasteiger partial charge >= 0.3 is 0 Å². The number of hydrogen-bond donors (Lipinski definition) is 2. The van der Waals surface area contributed by atoms with Gasteiger partial charge in [0.2, 0.25) is 0 Å². The molecule has 1 amide bonds. The second-order valence-electron chi connectivity index (χ2n) is 4.78. The standard InChI is InChI=1S/C16H14N4O/c1-10-7-14(17)13(9-19-10)16(21)20-12-4-5-15-11(8-12)3-2-6-18-15/h2-9H,1H3,(H2,17,19)(H,20,21). The number of carbonyl (C=O) groups is 1. The second kappa shape index (κ2) is 5.20. The highest BCUT2D eigenvalue weighted by atomic mass is 16.1. The van der Waals surface area contributed by atoms with Crippen molar-refractivity contribution in [1.29, 1.82) is 0 Å². The first-order valence-corrected chi connectivity index (χ1v) is 6.52. The van der Waals surface area contributed by atoms with Gasteiger partial charge in [-0.3, -0.25) is 14.8 Å². The van der Waals surface area contributed by atoms with E-state index in [2.05, 4.69) is 15.3 Å². The van der Waals surface area contributed by atoms with Gasteiger partial charge in [-0.15, -0.1) is 0 Å². The fourth-order valence-electron chi connectivity index (χ4n) is 2.12. The van der Waals surface area contributed by atoms with E-state index in [1.807, 2.05) is 37.3 Å². The Labute approximate surface area is 121 Å². The molecule has 0 fully saturated rings. The molecule has 0 saturated carbocycles. The van der Waals surface area contributed by atoms with Crippen LogP contribution in [0.15, 0.2) is 48.8 Å². The van der Waals surface area contributed by atoms with Crippen molar-refractivity contribution in [2.45, 2.75) is 6.92 Å². The van der Waals surface area contributed by atoms with Crippen molar-refractivity contribution in [3.8, 4) is 0 Å². The highest BCUT2D eigenvalue weighted by Gasteiger charge is 2.11. The number of carbonyl (C=O) groups excluding carboxylic acids is 1. The minimum atomic E-state index is -0.275. The van der Waals surface area contributed by atoms with Crippen molar-refractivity contribution in [3.05, 3.63) is 60.0 Å². The number of hydrogen-bond acceptors (Lipinski definition) is 4. The fraction of sp³-hybridized carbons (Fsp3) is 0.0625. The molecule has 2 heterocycles. The molecule has 0 saturated heterocycles. The number of aromatic nitrogens is 2. The third-order valence-electron chi connectivity index (χ3n) is 3.18. The summed E-state index contributed by atoms with van der Waals surface area (Å²) in [6, 6.07) is 11.0. The van der Waals surface area contributed by atoms with E-state index in [-0.39, 0.29) is 5.91 Å². The van der Waals surface area contributed by atoms with Gasteiger partial charge < -0.3 is 11.1 Å². The lowest BCUT2D eigenvalue weighted by Crippen LogP contribution is -2.14. The number of anilines is 2. The summed E-state index contributed by atoms with van der Waals surface area (Å²) in [6.07, 6.45) is 3.22. The number of fused-ring (bicyclic) bond motifs is 1. The van der Waals surface area contributed by atoms with Crippen molar-refractivity contribution < 1.29 is 4.79 Å². The van der Waals surface area contributed by atoms with Crippen LogP contribution in [0.5, 0.6) is 0 Å². The first-order chi connectivity index (χ1) is 10.1. The zero-order chi connectivity index (χ0) is 14.8. The van der Waals surface area contributed by atoms with E-state index in [4.69, 9.17) is 5.73 Å². The number of nitrogen functional groups attached to an aromatic ring is 1. The normalized spacial score (nSPS) is 10.5. The van der Waals surface area contributed by atoms with E-state index in [1.54, 1.807) is 12.3 Å². The number of pyridine rings is 2. The van der Waals surface area contributed by atoms with Crippen LogP contribution in [-0.2, 0) is 0 Å². The van der Waals surface area contributed by atoms with Crippen LogP contribution in [-0.4, -0.2) is 15.9 Å². The van der Waals surface area contributed by atoms with Crippen LogP contribution >= 0.6 is 0 Å². The Kier molecular flexibility index (Phi) is 3.23. The number of aryl methyl sites for hydroxylation is 1. The van der Waals surface area contributed by atoms with Crippen LogP contribution in [0, 0.1) is 6.92 Å². The zero-order valence-corrected chi connectivity index (χ0v) is 11.5. The molecule has 0 atom stereocenters. The molecule has 0 radical (unpaired) electrons. The van der Waals surface area contributed by atoms with Gasteiger partial charge in [0.05, 0.1) is 11.1 Å². The molecule has 3 N–H and O–H groups in total. The fourth-order valence-corrected chi connectivity index (χ4v) is 2.12. The quantitative estimate of drug-likeness (QED) is 0.755. The smallest absolute Gasteiger partial charge is 0.259 e. The molecular formula is C16H14N4O. The number of nitrogens with zero attached hydrogens (tertiary/aromatic N) is 2. The molecule has 21 heavy (non-hydrogen) atoms. The Morgan fingerprint density at radius 3 is 2.86 bits per heavy atom. The highest BCUT2D eigenvalue weighted by molar-refractivity contribution is 6.08. The molecule has 5 nitrogen and oxygen atoms in total. The monoisotopic (exact) mass is 278 g/mol. The van der Waals surface area contributed by atoms with E-state index < -0.39 is 0 Å². The molecular weight excluding hydrogens is 264 g/mol. The Balaban J connectivity index is 1.89. The predicted octanol–water partition coefficient (Wildman–Crippen LogP) is 2.77. The molecule has 0 aliphatic rings. The van der Waals surface area contributed by atoms with Gasteiger partial charge in [-0.25, -0.2) is 0 Å². The van der Waals surface area contributed by atoms with E-state index in [9.17, 15) is 4.79 Å². The van der Waals surface area contributed by atoms with Crippen LogP contribution in [0.25, 0.3) is 10.9 Å². The molecule has 2 aromatic heterocycles. The molecule has 5 heteroatoms. The summed E-state index contributed by atoms with van der Waals surface area (Å²) in [5.41, 5.74) is 9.00. The number of rotatable bonds is 2. The van der Waals surface area contributed by atoms with Crippen LogP contribution in [0.2, 0.25) is 0 Å². The molecule has 0 aliphatic heterocycles. The van der Waals surface area contributed by atoms with E-state index in [1.165, 1.54) is 6.20 Å². The summed E-state index contributed by atoms with van der Waals surface area (Å²) in [5.74, 6) is -0.275. The van der Waals surface area contributed by atoms with Gasteiger partial charge in [-0.05, 0) is 37.3 Å². The third-order valence-corrected chi connectivity index (χ3v) is 3.18. The lowest BCUT2D eigenvalue weighted by atomic mass is 10.1. The van der Waals surface area contributed by atoms with Gasteiger partial charge in [0.1, 0.15) is 0 Å². The third kappa shape index (κ3) is 2.67. The lowest BCUT2D eigenvalue weighted by molar-refractivity contribution is 0.102.